The molecular formula is C19H31N3O2S. The van der Waals surface area contributed by atoms with Crippen molar-refractivity contribution in [3.63, 3.8) is 0 Å². The highest BCUT2D eigenvalue weighted by molar-refractivity contribution is 7.92. The van der Waals surface area contributed by atoms with Gasteiger partial charge in [-0.25, -0.2) is 8.42 Å². The zero-order chi connectivity index (χ0) is 18.7. The highest BCUT2D eigenvalue weighted by Gasteiger charge is 2.40. The monoisotopic (exact) mass is 365 g/mol. The summed E-state index contributed by atoms with van der Waals surface area (Å²) in [6.07, 6.45) is 0.882. The number of nitrogens with one attached hydrogen (secondary N) is 1. The molecule has 1 N–H and O–H groups in total. The van der Waals surface area contributed by atoms with Gasteiger partial charge in [0, 0.05) is 26.2 Å². The number of aliphatic imine (C=N–C) groups is 1. The van der Waals surface area contributed by atoms with E-state index in [-0.39, 0.29) is 5.75 Å². The second-order valence-corrected chi connectivity index (χ2v) is 10.2. The van der Waals surface area contributed by atoms with Crippen LogP contribution in [0.4, 0.5) is 0 Å². The van der Waals surface area contributed by atoms with Crippen LogP contribution >= 0.6 is 0 Å². The number of aryl methyl sites for hydroxylation is 2. The van der Waals surface area contributed by atoms with Gasteiger partial charge in [0.05, 0.1) is 10.5 Å². The smallest absolute Gasteiger partial charge is 0.194 e. The number of nitrogens with zero attached hydrogens (tertiary/aromatic N) is 2. The Kier molecular flexibility index (Phi) is 6.14. The Morgan fingerprint density at radius 2 is 1.88 bits per heavy atom. The Bertz CT molecular complexity index is 719. The number of sulfone groups is 1. The first kappa shape index (κ1) is 19.8. The lowest BCUT2D eigenvalue weighted by Gasteiger charge is -2.39. The molecule has 1 heterocycles. The van der Waals surface area contributed by atoms with E-state index in [0.717, 1.165) is 18.9 Å². The maximum atomic E-state index is 12.2. The van der Waals surface area contributed by atoms with Gasteiger partial charge in [0.25, 0.3) is 0 Å². The van der Waals surface area contributed by atoms with E-state index < -0.39 is 14.6 Å². The van der Waals surface area contributed by atoms with Gasteiger partial charge >= 0.3 is 0 Å². The number of hydrogen-bond acceptors (Lipinski definition) is 3. The molecule has 1 aliphatic rings. The second-order valence-electron chi connectivity index (χ2n) is 7.48. The molecule has 0 amide bonds. The SMILES string of the molecule is CCNC(=NCCc1cc(C)cc(C)c1)N1CCS(=O)(=O)C(C)(C)C1. The van der Waals surface area contributed by atoms with E-state index in [9.17, 15) is 8.42 Å². The number of guanidine groups is 1. The van der Waals surface area contributed by atoms with Crippen LogP contribution in [0.5, 0.6) is 0 Å². The van der Waals surface area contributed by atoms with Crippen molar-refractivity contribution in [3.05, 3.63) is 34.9 Å². The summed E-state index contributed by atoms with van der Waals surface area (Å²) < 4.78 is 23.7. The fourth-order valence-corrected chi connectivity index (χ4v) is 4.62. The largest absolute Gasteiger partial charge is 0.357 e. The molecule has 6 heteroatoms. The molecule has 0 spiro atoms. The van der Waals surface area contributed by atoms with Crippen LogP contribution in [0.25, 0.3) is 0 Å². The molecule has 0 aliphatic carbocycles. The summed E-state index contributed by atoms with van der Waals surface area (Å²) in [6.45, 7) is 12.3. The summed E-state index contributed by atoms with van der Waals surface area (Å²) in [7, 11) is -3.04. The van der Waals surface area contributed by atoms with Crippen molar-refractivity contribution < 1.29 is 8.42 Å². The summed E-state index contributed by atoms with van der Waals surface area (Å²) in [5.41, 5.74) is 3.83. The lowest BCUT2D eigenvalue weighted by atomic mass is 10.1. The Morgan fingerprint density at radius 3 is 2.44 bits per heavy atom. The van der Waals surface area contributed by atoms with Crippen LogP contribution in [0.15, 0.2) is 23.2 Å². The van der Waals surface area contributed by atoms with Crippen LogP contribution in [-0.4, -0.2) is 56.0 Å². The normalized spacial score (nSPS) is 19.7. The minimum Gasteiger partial charge on any atom is -0.357 e. The maximum Gasteiger partial charge on any atom is 0.194 e. The van der Waals surface area contributed by atoms with Gasteiger partial charge in [-0.2, -0.15) is 0 Å². The predicted octanol–water partition coefficient (Wildman–Crippen LogP) is 2.32. The fraction of sp³-hybridized carbons (Fsp3) is 0.632. The molecule has 1 saturated heterocycles. The Morgan fingerprint density at radius 1 is 1.24 bits per heavy atom. The molecule has 0 saturated carbocycles. The van der Waals surface area contributed by atoms with E-state index in [0.29, 0.717) is 19.6 Å². The molecule has 0 aromatic heterocycles. The van der Waals surface area contributed by atoms with Crippen molar-refractivity contribution in [1.29, 1.82) is 0 Å². The predicted molar refractivity (Wildman–Crippen MR) is 105 cm³/mol. The average molecular weight is 366 g/mol. The van der Waals surface area contributed by atoms with Gasteiger partial charge in [-0.05, 0) is 46.6 Å². The summed E-state index contributed by atoms with van der Waals surface area (Å²) in [5, 5.41) is 3.31. The minimum absolute atomic E-state index is 0.182. The van der Waals surface area contributed by atoms with Gasteiger partial charge in [0.2, 0.25) is 0 Å². The van der Waals surface area contributed by atoms with E-state index in [1.54, 1.807) is 13.8 Å². The summed E-state index contributed by atoms with van der Waals surface area (Å²) in [4.78, 5) is 6.82. The van der Waals surface area contributed by atoms with E-state index in [4.69, 9.17) is 4.99 Å². The second kappa shape index (κ2) is 7.77. The van der Waals surface area contributed by atoms with Gasteiger partial charge in [0.15, 0.2) is 15.8 Å². The molecule has 2 rings (SSSR count). The molecule has 0 atom stereocenters. The molecule has 25 heavy (non-hydrogen) atoms. The number of rotatable bonds is 4. The van der Waals surface area contributed by atoms with Crippen LogP contribution in [0.1, 0.15) is 37.5 Å². The first-order valence-electron chi connectivity index (χ1n) is 8.97. The van der Waals surface area contributed by atoms with E-state index in [2.05, 4.69) is 42.3 Å². The summed E-state index contributed by atoms with van der Waals surface area (Å²) in [5.74, 6) is 0.997. The number of hydrogen-bond donors (Lipinski definition) is 1. The molecule has 0 radical (unpaired) electrons. The molecule has 140 valence electrons. The third-order valence-electron chi connectivity index (χ3n) is 4.62. The molecule has 1 aromatic carbocycles. The average Bonchev–Trinajstić information content (AvgIpc) is 2.48. The van der Waals surface area contributed by atoms with Gasteiger partial charge in [0.1, 0.15) is 0 Å². The van der Waals surface area contributed by atoms with Crippen LogP contribution in [0, 0.1) is 13.8 Å². The van der Waals surface area contributed by atoms with Crippen molar-refractivity contribution in [1.82, 2.24) is 10.2 Å². The molecule has 1 aromatic rings. The van der Waals surface area contributed by atoms with E-state index in [1.165, 1.54) is 16.7 Å². The third kappa shape index (κ3) is 4.97. The van der Waals surface area contributed by atoms with Crippen molar-refractivity contribution in [2.75, 3.05) is 31.9 Å². The van der Waals surface area contributed by atoms with Crippen molar-refractivity contribution in [2.45, 2.75) is 45.8 Å². The zero-order valence-electron chi connectivity index (χ0n) is 16.1. The first-order valence-corrected chi connectivity index (χ1v) is 10.6. The molecule has 1 fully saturated rings. The van der Waals surface area contributed by atoms with Crippen LogP contribution in [0.2, 0.25) is 0 Å². The Balaban J connectivity index is 2.08. The molecule has 0 bridgehead atoms. The quantitative estimate of drug-likeness (QED) is 0.657. The first-order chi connectivity index (χ1) is 11.6. The lowest BCUT2D eigenvalue weighted by molar-refractivity contribution is 0.353. The summed E-state index contributed by atoms with van der Waals surface area (Å²) in [6, 6.07) is 6.57. The number of benzene rings is 1. The van der Waals surface area contributed by atoms with Crippen LogP contribution < -0.4 is 5.32 Å². The van der Waals surface area contributed by atoms with E-state index >= 15 is 0 Å². The van der Waals surface area contributed by atoms with E-state index in [1.807, 2.05) is 6.92 Å². The van der Waals surface area contributed by atoms with Crippen LogP contribution in [0.3, 0.4) is 0 Å². The van der Waals surface area contributed by atoms with Crippen molar-refractivity contribution in [3.8, 4) is 0 Å². The molecular weight excluding hydrogens is 334 g/mol. The third-order valence-corrected chi connectivity index (χ3v) is 7.15. The highest BCUT2D eigenvalue weighted by Crippen LogP contribution is 2.23. The van der Waals surface area contributed by atoms with Crippen LogP contribution in [-0.2, 0) is 16.3 Å². The molecule has 5 nitrogen and oxygen atoms in total. The fourth-order valence-electron chi connectivity index (χ4n) is 3.25. The van der Waals surface area contributed by atoms with Crippen molar-refractivity contribution in [2.24, 2.45) is 4.99 Å². The van der Waals surface area contributed by atoms with Gasteiger partial charge in [-0.1, -0.05) is 29.3 Å². The van der Waals surface area contributed by atoms with Gasteiger partial charge < -0.3 is 10.2 Å². The standard InChI is InChI=1S/C19H31N3O2S/c1-6-20-18(22-9-10-25(23,24)19(4,5)14-22)21-8-7-17-12-15(2)11-16(3)13-17/h11-13H,6-10,14H2,1-5H3,(H,20,21). The molecule has 1 aliphatic heterocycles. The maximum absolute atomic E-state index is 12.2. The zero-order valence-corrected chi connectivity index (χ0v) is 16.9. The Hall–Kier alpha value is -1.56. The van der Waals surface area contributed by atoms with Crippen molar-refractivity contribution >= 4 is 15.8 Å². The minimum atomic E-state index is -3.04. The van der Waals surface area contributed by atoms with Gasteiger partial charge in [-0.15, -0.1) is 0 Å². The van der Waals surface area contributed by atoms with Gasteiger partial charge in [-0.3, -0.25) is 4.99 Å². The lowest BCUT2D eigenvalue weighted by Crippen LogP contribution is -2.57. The Labute approximate surface area is 152 Å². The highest BCUT2D eigenvalue weighted by atomic mass is 32.2. The topological polar surface area (TPSA) is 61.8 Å². The summed E-state index contributed by atoms with van der Waals surface area (Å²) >= 11 is 0. The molecule has 0 unspecified atom stereocenters.